The van der Waals surface area contributed by atoms with Crippen LogP contribution >= 0.6 is 11.8 Å². The van der Waals surface area contributed by atoms with Crippen molar-refractivity contribution in [3.05, 3.63) is 0 Å². The molecule has 2 N–H and O–H groups in total. The summed E-state index contributed by atoms with van der Waals surface area (Å²) in [5.41, 5.74) is 0.542. The van der Waals surface area contributed by atoms with E-state index < -0.39 is 0 Å². The SMILES string of the molecule is CC1(C)CCCC(NCCSCCCO)C1. The second-order valence-corrected chi connectivity index (χ2v) is 6.83. The number of aliphatic hydroxyl groups is 1. The Morgan fingerprint density at radius 1 is 1.38 bits per heavy atom. The van der Waals surface area contributed by atoms with E-state index in [-0.39, 0.29) is 0 Å². The smallest absolute Gasteiger partial charge is 0.0438 e. The zero-order valence-electron chi connectivity index (χ0n) is 10.8. The van der Waals surface area contributed by atoms with Crippen molar-refractivity contribution in [1.29, 1.82) is 0 Å². The van der Waals surface area contributed by atoms with Gasteiger partial charge in [-0.2, -0.15) is 11.8 Å². The Kier molecular flexibility index (Phi) is 6.78. The van der Waals surface area contributed by atoms with Gasteiger partial charge >= 0.3 is 0 Å². The highest BCUT2D eigenvalue weighted by atomic mass is 32.2. The highest BCUT2D eigenvalue weighted by Gasteiger charge is 2.27. The summed E-state index contributed by atoms with van der Waals surface area (Å²) in [5.74, 6) is 2.27. The van der Waals surface area contributed by atoms with Gasteiger partial charge in [0.1, 0.15) is 0 Å². The van der Waals surface area contributed by atoms with E-state index in [1.54, 1.807) is 0 Å². The van der Waals surface area contributed by atoms with Crippen LogP contribution in [0, 0.1) is 5.41 Å². The van der Waals surface area contributed by atoms with Gasteiger partial charge in [0, 0.05) is 24.9 Å². The van der Waals surface area contributed by atoms with Gasteiger partial charge in [0.25, 0.3) is 0 Å². The maximum Gasteiger partial charge on any atom is 0.0438 e. The van der Waals surface area contributed by atoms with Crippen molar-refractivity contribution < 1.29 is 5.11 Å². The Balaban J connectivity index is 2.00. The van der Waals surface area contributed by atoms with Gasteiger partial charge in [0.05, 0.1) is 0 Å². The zero-order valence-corrected chi connectivity index (χ0v) is 11.6. The molecule has 0 aromatic rings. The molecule has 1 aliphatic rings. The lowest BCUT2D eigenvalue weighted by Crippen LogP contribution is -2.38. The molecule has 0 aromatic carbocycles. The van der Waals surface area contributed by atoms with E-state index in [1.807, 2.05) is 11.8 Å². The number of hydrogen-bond donors (Lipinski definition) is 2. The summed E-state index contributed by atoms with van der Waals surface area (Å²) in [7, 11) is 0. The molecule has 1 fully saturated rings. The van der Waals surface area contributed by atoms with Gasteiger partial charge in [-0.05, 0) is 36.9 Å². The maximum absolute atomic E-state index is 8.66. The minimum absolute atomic E-state index is 0.331. The number of nitrogens with one attached hydrogen (secondary N) is 1. The van der Waals surface area contributed by atoms with Gasteiger partial charge in [-0.1, -0.05) is 20.3 Å². The molecule has 96 valence electrons. The van der Waals surface area contributed by atoms with E-state index in [2.05, 4.69) is 19.2 Å². The van der Waals surface area contributed by atoms with Gasteiger partial charge in [-0.3, -0.25) is 0 Å². The highest BCUT2D eigenvalue weighted by Crippen LogP contribution is 2.34. The van der Waals surface area contributed by atoms with Gasteiger partial charge in [0.2, 0.25) is 0 Å². The third-order valence-corrected chi connectivity index (χ3v) is 4.40. The fourth-order valence-corrected chi connectivity index (χ4v) is 3.28. The van der Waals surface area contributed by atoms with E-state index in [4.69, 9.17) is 5.11 Å². The van der Waals surface area contributed by atoms with Crippen molar-refractivity contribution in [3.8, 4) is 0 Å². The maximum atomic E-state index is 8.66. The molecule has 0 heterocycles. The first kappa shape index (κ1) is 14.3. The van der Waals surface area contributed by atoms with Crippen LogP contribution in [-0.2, 0) is 0 Å². The monoisotopic (exact) mass is 245 g/mol. The molecule has 1 aliphatic carbocycles. The largest absolute Gasteiger partial charge is 0.396 e. The molecule has 0 aromatic heterocycles. The number of thioether (sulfide) groups is 1. The highest BCUT2D eigenvalue weighted by molar-refractivity contribution is 7.99. The fourth-order valence-electron chi connectivity index (χ4n) is 2.48. The third-order valence-electron chi connectivity index (χ3n) is 3.33. The number of hydrogen-bond acceptors (Lipinski definition) is 3. The van der Waals surface area contributed by atoms with Crippen molar-refractivity contribution in [2.75, 3.05) is 24.7 Å². The second-order valence-electron chi connectivity index (χ2n) is 5.60. The zero-order chi connectivity index (χ0) is 11.9. The lowest BCUT2D eigenvalue weighted by atomic mass is 9.75. The normalized spacial score (nSPS) is 24.6. The van der Waals surface area contributed by atoms with Crippen LogP contribution < -0.4 is 5.32 Å². The number of aliphatic hydroxyl groups excluding tert-OH is 1. The Hall–Kier alpha value is 0.270. The van der Waals surface area contributed by atoms with E-state index >= 15 is 0 Å². The van der Waals surface area contributed by atoms with Crippen LogP contribution in [0.4, 0.5) is 0 Å². The fraction of sp³-hybridized carbons (Fsp3) is 1.00. The van der Waals surface area contributed by atoms with Crippen LogP contribution in [0.25, 0.3) is 0 Å². The van der Waals surface area contributed by atoms with E-state index in [0.29, 0.717) is 12.0 Å². The summed E-state index contributed by atoms with van der Waals surface area (Å²) in [6.07, 6.45) is 6.37. The van der Waals surface area contributed by atoms with Crippen LogP contribution in [0.15, 0.2) is 0 Å². The second kappa shape index (κ2) is 7.57. The van der Waals surface area contributed by atoms with Gasteiger partial charge < -0.3 is 10.4 Å². The standard InChI is InChI=1S/C13H27NOS/c1-13(2)6-3-5-12(11-13)14-7-10-16-9-4-8-15/h12,14-15H,3-11H2,1-2H3. The minimum atomic E-state index is 0.331. The minimum Gasteiger partial charge on any atom is -0.396 e. The lowest BCUT2D eigenvalue weighted by Gasteiger charge is -2.35. The van der Waals surface area contributed by atoms with Crippen molar-refractivity contribution in [1.82, 2.24) is 5.32 Å². The average molecular weight is 245 g/mol. The molecular formula is C13H27NOS. The summed E-state index contributed by atoms with van der Waals surface area (Å²) >= 11 is 1.94. The van der Waals surface area contributed by atoms with Crippen LogP contribution in [0.5, 0.6) is 0 Å². The van der Waals surface area contributed by atoms with Crippen molar-refractivity contribution in [2.45, 2.75) is 52.0 Å². The van der Waals surface area contributed by atoms with E-state index in [9.17, 15) is 0 Å². The number of rotatable bonds is 7. The predicted molar refractivity (Wildman–Crippen MR) is 73.1 cm³/mol. The topological polar surface area (TPSA) is 32.3 Å². The Morgan fingerprint density at radius 3 is 2.88 bits per heavy atom. The molecule has 16 heavy (non-hydrogen) atoms. The predicted octanol–water partition coefficient (Wildman–Crippen LogP) is 2.66. The Bertz CT molecular complexity index is 185. The molecule has 0 bridgehead atoms. The van der Waals surface area contributed by atoms with Crippen molar-refractivity contribution in [3.63, 3.8) is 0 Å². The van der Waals surface area contributed by atoms with Crippen LogP contribution in [-0.4, -0.2) is 35.8 Å². The molecule has 1 rings (SSSR count). The molecule has 1 atom stereocenters. The molecule has 3 heteroatoms. The van der Waals surface area contributed by atoms with Crippen molar-refractivity contribution in [2.24, 2.45) is 5.41 Å². The quantitative estimate of drug-likeness (QED) is 0.676. The first-order valence-electron chi connectivity index (χ1n) is 6.56. The first-order chi connectivity index (χ1) is 7.64. The Morgan fingerprint density at radius 2 is 2.19 bits per heavy atom. The lowest BCUT2D eigenvalue weighted by molar-refractivity contribution is 0.200. The summed E-state index contributed by atoms with van der Waals surface area (Å²) in [6, 6.07) is 0.738. The summed E-state index contributed by atoms with van der Waals surface area (Å²) in [6.45, 7) is 6.22. The molecule has 2 nitrogen and oxygen atoms in total. The molecule has 0 spiro atoms. The summed E-state index contributed by atoms with van der Waals surface area (Å²) < 4.78 is 0. The van der Waals surface area contributed by atoms with Crippen LogP contribution in [0.1, 0.15) is 46.0 Å². The van der Waals surface area contributed by atoms with E-state index in [0.717, 1.165) is 24.8 Å². The summed E-state index contributed by atoms with van der Waals surface area (Å²) in [4.78, 5) is 0. The van der Waals surface area contributed by atoms with Crippen LogP contribution in [0.2, 0.25) is 0 Å². The summed E-state index contributed by atoms with van der Waals surface area (Å²) in [5, 5.41) is 12.3. The molecule has 0 amide bonds. The van der Waals surface area contributed by atoms with Gasteiger partial charge in [0.15, 0.2) is 0 Å². The third kappa shape index (κ3) is 6.12. The van der Waals surface area contributed by atoms with E-state index in [1.165, 1.54) is 31.4 Å². The first-order valence-corrected chi connectivity index (χ1v) is 7.71. The van der Waals surface area contributed by atoms with Gasteiger partial charge in [-0.15, -0.1) is 0 Å². The van der Waals surface area contributed by atoms with Gasteiger partial charge in [-0.25, -0.2) is 0 Å². The average Bonchev–Trinajstić information content (AvgIpc) is 2.22. The molecule has 1 unspecified atom stereocenters. The van der Waals surface area contributed by atoms with Crippen molar-refractivity contribution >= 4 is 11.8 Å². The molecular weight excluding hydrogens is 218 g/mol. The Labute approximate surface area is 105 Å². The molecule has 0 saturated heterocycles. The molecule has 0 radical (unpaired) electrons. The molecule has 1 saturated carbocycles. The molecule has 0 aliphatic heterocycles. The van der Waals surface area contributed by atoms with Crippen LogP contribution in [0.3, 0.4) is 0 Å².